The maximum absolute atomic E-state index is 13.7. The van der Waals surface area contributed by atoms with Gasteiger partial charge in [-0.2, -0.15) is 0 Å². The van der Waals surface area contributed by atoms with Crippen molar-refractivity contribution < 1.29 is 8.78 Å². The molecule has 23 heavy (non-hydrogen) atoms. The molecule has 1 aromatic carbocycles. The Morgan fingerprint density at radius 1 is 1.26 bits per heavy atom. The molecule has 0 atom stereocenters. The SMILES string of the molecule is CCCc1cc(=O)[nH]c2nnc(SCc3cc(F)ccc3F)n12. The van der Waals surface area contributed by atoms with E-state index in [0.717, 1.165) is 24.2 Å². The number of halogens is 2. The van der Waals surface area contributed by atoms with Crippen LogP contribution in [0.15, 0.2) is 34.2 Å². The third-order valence-corrected chi connectivity index (χ3v) is 4.30. The summed E-state index contributed by atoms with van der Waals surface area (Å²) >= 11 is 1.24. The molecule has 0 unspecified atom stereocenters. The zero-order chi connectivity index (χ0) is 16.4. The third-order valence-electron chi connectivity index (χ3n) is 3.32. The number of nitrogens with one attached hydrogen (secondary N) is 1. The van der Waals surface area contributed by atoms with Gasteiger partial charge in [-0.25, -0.2) is 8.78 Å². The summed E-state index contributed by atoms with van der Waals surface area (Å²) in [5, 5.41) is 8.51. The van der Waals surface area contributed by atoms with Gasteiger partial charge in [0.25, 0.3) is 5.56 Å². The predicted octanol–water partition coefficient (Wildman–Crippen LogP) is 2.94. The van der Waals surface area contributed by atoms with Gasteiger partial charge in [0, 0.05) is 23.1 Å². The number of nitrogens with zero attached hydrogens (tertiary/aromatic N) is 3. The number of aryl methyl sites for hydroxylation is 1. The van der Waals surface area contributed by atoms with E-state index in [1.165, 1.54) is 23.9 Å². The second kappa shape index (κ2) is 6.49. The highest BCUT2D eigenvalue weighted by atomic mass is 32.2. The summed E-state index contributed by atoms with van der Waals surface area (Å²) in [6, 6.07) is 4.86. The number of thioether (sulfide) groups is 1. The number of hydrogen-bond donors (Lipinski definition) is 1. The first-order valence-electron chi connectivity index (χ1n) is 7.12. The smallest absolute Gasteiger partial charge is 0.252 e. The summed E-state index contributed by atoms with van der Waals surface area (Å²) < 4.78 is 28.7. The largest absolute Gasteiger partial charge is 0.291 e. The number of rotatable bonds is 5. The van der Waals surface area contributed by atoms with E-state index in [1.807, 2.05) is 6.92 Å². The van der Waals surface area contributed by atoms with E-state index in [4.69, 9.17) is 0 Å². The molecular formula is C15H14F2N4OS. The van der Waals surface area contributed by atoms with Gasteiger partial charge in [-0.3, -0.25) is 14.2 Å². The van der Waals surface area contributed by atoms with E-state index >= 15 is 0 Å². The van der Waals surface area contributed by atoms with Crippen molar-refractivity contribution in [2.45, 2.75) is 30.7 Å². The van der Waals surface area contributed by atoms with Crippen LogP contribution in [0.4, 0.5) is 8.78 Å². The summed E-state index contributed by atoms with van der Waals surface area (Å²) in [6.07, 6.45) is 1.56. The molecule has 0 saturated carbocycles. The average molecular weight is 336 g/mol. The van der Waals surface area contributed by atoms with Gasteiger partial charge in [-0.1, -0.05) is 25.1 Å². The molecule has 2 heterocycles. The predicted molar refractivity (Wildman–Crippen MR) is 83.5 cm³/mol. The van der Waals surface area contributed by atoms with E-state index in [1.54, 1.807) is 4.40 Å². The fraction of sp³-hybridized carbons (Fsp3) is 0.267. The molecular weight excluding hydrogens is 322 g/mol. The van der Waals surface area contributed by atoms with E-state index in [9.17, 15) is 13.6 Å². The number of fused-ring (bicyclic) bond motifs is 1. The van der Waals surface area contributed by atoms with Crippen molar-refractivity contribution in [3.63, 3.8) is 0 Å². The zero-order valence-corrected chi connectivity index (χ0v) is 13.2. The Balaban J connectivity index is 1.94. The molecule has 2 aromatic heterocycles. The van der Waals surface area contributed by atoms with E-state index in [0.29, 0.717) is 17.4 Å². The van der Waals surface area contributed by atoms with Crippen LogP contribution >= 0.6 is 11.8 Å². The Bertz CT molecular complexity index is 906. The van der Waals surface area contributed by atoms with E-state index in [2.05, 4.69) is 15.2 Å². The lowest BCUT2D eigenvalue weighted by Crippen LogP contribution is -2.11. The van der Waals surface area contributed by atoms with Gasteiger partial charge in [0.1, 0.15) is 11.6 Å². The van der Waals surface area contributed by atoms with Crippen LogP contribution in [-0.2, 0) is 12.2 Å². The average Bonchev–Trinajstić information content (AvgIpc) is 2.91. The number of benzene rings is 1. The minimum Gasteiger partial charge on any atom is -0.291 e. The molecule has 0 spiro atoms. The van der Waals surface area contributed by atoms with Crippen molar-refractivity contribution >= 4 is 17.5 Å². The monoisotopic (exact) mass is 336 g/mol. The van der Waals surface area contributed by atoms with Crippen LogP contribution in [0.3, 0.4) is 0 Å². The van der Waals surface area contributed by atoms with Crippen LogP contribution in [0.2, 0.25) is 0 Å². The first-order valence-corrected chi connectivity index (χ1v) is 8.11. The van der Waals surface area contributed by atoms with Crippen LogP contribution in [-0.4, -0.2) is 19.6 Å². The van der Waals surface area contributed by atoms with Gasteiger partial charge in [0.05, 0.1) is 0 Å². The zero-order valence-electron chi connectivity index (χ0n) is 12.3. The summed E-state index contributed by atoms with van der Waals surface area (Å²) in [7, 11) is 0. The number of aromatic amines is 1. The molecule has 0 aliphatic heterocycles. The molecule has 0 aliphatic carbocycles. The van der Waals surface area contributed by atoms with Gasteiger partial charge in [0.15, 0.2) is 5.16 Å². The van der Waals surface area contributed by atoms with Crippen LogP contribution in [0.5, 0.6) is 0 Å². The van der Waals surface area contributed by atoms with Crippen LogP contribution in [0.1, 0.15) is 24.6 Å². The minimum atomic E-state index is -0.482. The lowest BCUT2D eigenvalue weighted by molar-refractivity contribution is 0.591. The van der Waals surface area contributed by atoms with Gasteiger partial charge < -0.3 is 0 Å². The van der Waals surface area contributed by atoms with Gasteiger partial charge >= 0.3 is 0 Å². The van der Waals surface area contributed by atoms with Gasteiger partial charge in [-0.15, -0.1) is 10.2 Å². The summed E-state index contributed by atoms with van der Waals surface area (Å²) in [4.78, 5) is 14.2. The lowest BCUT2D eigenvalue weighted by atomic mass is 10.2. The fourth-order valence-electron chi connectivity index (χ4n) is 2.30. The first kappa shape index (κ1) is 15.7. The minimum absolute atomic E-state index is 0.217. The second-order valence-electron chi connectivity index (χ2n) is 5.04. The Kier molecular flexibility index (Phi) is 4.42. The van der Waals surface area contributed by atoms with Crippen LogP contribution < -0.4 is 5.56 Å². The normalized spacial score (nSPS) is 11.3. The van der Waals surface area contributed by atoms with Crippen molar-refractivity contribution in [3.8, 4) is 0 Å². The van der Waals surface area contributed by atoms with Crippen LogP contribution in [0.25, 0.3) is 5.78 Å². The van der Waals surface area contributed by atoms with Gasteiger partial charge in [0.2, 0.25) is 5.78 Å². The number of aromatic nitrogens is 4. The van der Waals surface area contributed by atoms with E-state index in [-0.39, 0.29) is 16.9 Å². The Morgan fingerprint density at radius 3 is 2.87 bits per heavy atom. The highest BCUT2D eigenvalue weighted by Crippen LogP contribution is 2.24. The summed E-state index contributed by atoms with van der Waals surface area (Å²) in [5.41, 5.74) is 0.813. The molecule has 0 fully saturated rings. The summed E-state index contributed by atoms with van der Waals surface area (Å²) in [6.45, 7) is 2.01. The third kappa shape index (κ3) is 3.26. The topological polar surface area (TPSA) is 63.0 Å². The molecule has 3 aromatic rings. The molecule has 1 N–H and O–H groups in total. The lowest BCUT2D eigenvalue weighted by Gasteiger charge is -2.06. The van der Waals surface area contributed by atoms with Crippen molar-refractivity contribution in [1.82, 2.24) is 19.6 Å². The Morgan fingerprint density at radius 2 is 2.09 bits per heavy atom. The molecule has 0 aliphatic rings. The molecule has 3 rings (SSSR count). The standard InChI is InChI=1S/C15H14F2N4OS/c1-2-3-11-7-13(22)18-14-19-20-15(21(11)14)23-8-9-6-10(16)4-5-12(9)17/h4-7H,2-3,8H2,1H3,(H,18,19,22). The van der Waals surface area contributed by atoms with Crippen LogP contribution in [0, 0.1) is 11.6 Å². The van der Waals surface area contributed by atoms with Crippen molar-refractivity contribution in [2.75, 3.05) is 0 Å². The molecule has 0 amide bonds. The highest BCUT2D eigenvalue weighted by Gasteiger charge is 2.13. The molecule has 120 valence electrons. The fourth-order valence-corrected chi connectivity index (χ4v) is 3.24. The van der Waals surface area contributed by atoms with Crippen molar-refractivity contribution in [3.05, 3.63) is 57.5 Å². The maximum Gasteiger partial charge on any atom is 0.252 e. The first-order chi connectivity index (χ1) is 11.1. The maximum atomic E-state index is 13.7. The quantitative estimate of drug-likeness (QED) is 0.728. The molecule has 5 nitrogen and oxygen atoms in total. The molecule has 0 bridgehead atoms. The molecule has 0 saturated heterocycles. The summed E-state index contributed by atoms with van der Waals surface area (Å²) in [5.74, 6) is -0.378. The molecule has 0 radical (unpaired) electrons. The highest BCUT2D eigenvalue weighted by molar-refractivity contribution is 7.98. The number of hydrogen-bond acceptors (Lipinski definition) is 4. The second-order valence-corrected chi connectivity index (χ2v) is 5.98. The van der Waals surface area contributed by atoms with Crippen molar-refractivity contribution in [1.29, 1.82) is 0 Å². The van der Waals surface area contributed by atoms with Gasteiger partial charge in [-0.05, 0) is 24.6 Å². The number of H-pyrrole nitrogens is 1. The Labute approximate surface area is 134 Å². The van der Waals surface area contributed by atoms with Crippen molar-refractivity contribution in [2.24, 2.45) is 0 Å². The Hall–Kier alpha value is -2.22. The van der Waals surface area contributed by atoms with E-state index < -0.39 is 11.6 Å². The molecule has 8 heteroatoms.